The van der Waals surface area contributed by atoms with E-state index in [1.807, 2.05) is 6.07 Å². The van der Waals surface area contributed by atoms with E-state index in [1.54, 1.807) is 6.92 Å². The van der Waals surface area contributed by atoms with Crippen LogP contribution in [-0.2, 0) is 22.7 Å². The zero-order valence-electron chi connectivity index (χ0n) is 12.1. The molecule has 0 saturated heterocycles. The van der Waals surface area contributed by atoms with Crippen molar-refractivity contribution < 1.29 is 8.42 Å². The predicted octanol–water partition coefficient (Wildman–Crippen LogP) is 1.95. The first-order valence-electron chi connectivity index (χ1n) is 6.89. The van der Waals surface area contributed by atoms with E-state index in [1.165, 1.54) is 17.5 Å². The monoisotopic (exact) mass is 423 g/mol. The Balaban J connectivity index is 0.00000220. The molecule has 7 heteroatoms. The van der Waals surface area contributed by atoms with E-state index in [0.717, 1.165) is 18.5 Å². The summed E-state index contributed by atoms with van der Waals surface area (Å²) in [4.78, 5) is 4.05. The summed E-state index contributed by atoms with van der Waals surface area (Å²) in [5.41, 5.74) is 9.43. The van der Waals surface area contributed by atoms with Crippen molar-refractivity contribution in [3.8, 4) is 0 Å². The Morgan fingerprint density at radius 2 is 2.05 bits per heavy atom. The maximum Gasteiger partial charge on any atom is 0.193 e. The maximum atomic E-state index is 11.3. The van der Waals surface area contributed by atoms with Crippen molar-refractivity contribution in [2.75, 3.05) is 23.4 Å². The maximum absolute atomic E-state index is 11.3. The number of aryl methyl sites for hydroxylation is 2. The summed E-state index contributed by atoms with van der Waals surface area (Å²) < 4.78 is 22.7. The van der Waals surface area contributed by atoms with E-state index in [-0.39, 0.29) is 48.0 Å². The van der Waals surface area contributed by atoms with Crippen LogP contribution < -0.4 is 11.1 Å². The molecular weight excluding hydrogens is 401 g/mol. The highest BCUT2D eigenvalue weighted by Gasteiger charge is 2.11. The molecule has 5 nitrogen and oxygen atoms in total. The third kappa shape index (κ3) is 5.46. The Bertz CT molecular complexity index is 615. The van der Waals surface area contributed by atoms with Crippen LogP contribution >= 0.6 is 24.0 Å². The van der Waals surface area contributed by atoms with Crippen LogP contribution in [0.5, 0.6) is 0 Å². The highest BCUT2D eigenvalue weighted by Crippen LogP contribution is 2.24. The molecule has 1 aliphatic carbocycles. The van der Waals surface area contributed by atoms with Gasteiger partial charge in [-0.05, 0) is 42.5 Å². The molecule has 0 radical (unpaired) electrons. The van der Waals surface area contributed by atoms with E-state index < -0.39 is 9.84 Å². The Morgan fingerprint density at radius 1 is 1.33 bits per heavy atom. The molecular formula is C14H22IN3O2S. The smallest absolute Gasteiger partial charge is 0.193 e. The summed E-state index contributed by atoms with van der Waals surface area (Å²) in [5.74, 6) is 0.436. The number of benzene rings is 1. The molecule has 0 heterocycles. The zero-order valence-corrected chi connectivity index (χ0v) is 15.3. The fraction of sp³-hybridized carbons (Fsp3) is 0.500. The molecule has 0 aliphatic heterocycles. The average Bonchev–Trinajstić information content (AvgIpc) is 2.86. The van der Waals surface area contributed by atoms with E-state index in [0.29, 0.717) is 0 Å². The molecule has 0 aromatic heterocycles. The molecule has 0 fully saturated rings. The average molecular weight is 423 g/mol. The van der Waals surface area contributed by atoms with Gasteiger partial charge in [0.1, 0.15) is 0 Å². The topological polar surface area (TPSA) is 84.5 Å². The molecule has 0 atom stereocenters. The van der Waals surface area contributed by atoms with E-state index in [9.17, 15) is 8.42 Å². The molecule has 0 unspecified atom stereocenters. The lowest BCUT2D eigenvalue weighted by molar-refractivity contribution is 0.597. The second kappa shape index (κ2) is 7.98. The van der Waals surface area contributed by atoms with Crippen molar-refractivity contribution in [3.05, 3.63) is 29.3 Å². The van der Waals surface area contributed by atoms with Gasteiger partial charge in [0.05, 0.1) is 12.3 Å². The number of sulfone groups is 1. The largest absolute Gasteiger partial charge is 0.370 e. The van der Waals surface area contributed by atoms with Crippen molar-refractivity contribution in [2.45, 2.75) is 26.2 Å². The number of nitrogens with zero attached hydrogens (tertiary/aromatic N) is 1. The molecule has 0 saturated carbocycles. The van der Waals surface area contributed by atoms with Gasteiger partial charge in [-0.25, -0.2) is 8.42 Å². The number of fused-ring (bicyclic) bond motifs is 1. The third-order valence-corrected chi connectivity index (χ3v) is 5.18. The molecule has 0 bridgehead atoms. The van der Waals surface area contributed by atoms with E-state index in [2.05, 4.69) is 22.4 Å². The molecule has 0 spiro atoms. The Hall–Kier alpha value is -0.830. The van der Waals surface area contributed by atoms with Crippen molar-refractivity contribution in [1.29, 1.82) is 0 Å². The van der Waals surface area contributed by atoms with Crippen molar-refractivity contribution >= 4 is 45.5 Å². The number of anilines is 1. The summed E-state index contributed by atoms with van der Waals surface area (Å²) >= 11 is 0. The Morgan fingerprint density at radius 3 is 2.76 bits per heavy atom. The number of nitrogens with two attached hydrogens (primary N) is 1. The normalized spacial score (nSPS) is 14.4. The second-order valence-electron chi connectivity index (χ2n) is 4.97. The van der Waals surface area contributed by atoms with Crippen LogP contribution in [0, 0.1) is 0 Å². The number of aliphatic imine (C=N–C) groups is 1. The first-order valence-corrected chi connectivity index (χ1v) is 8.71. The third-order valence-electron chi connectivity index (χ3n) is 3.50. The van der Waals surface area contributed by atoms with E-state index in [4.69, 9.17) is 5.73 Å². The quantitative estimate of drug-likeness (QED) is 0.431. The standard InChI is InChI=1S/C14H21N3O2S.HI/c1-2-20(18,19)9-8-16-14(15)17-13-7-6-11-4-3-5-12(11)10-13;/h6-7,10H,2-5,8-9H2,1H3,(H3,15,16,17);1H. The summed E-state index contributed by atoms with van der Waals surface area (Å²) in [6.07, 6.45) is 3.46. The van der Waals surface area contributed by atoms with Crippen LogP contribution in [0.3, 0.4) is 0 Å². The molecule has 0 amide bonds. The number of guanidine groups is 1. The van der Waals surface area contributed by atoms with Crippen molar-refractivity contribution in [3.63, 3.8) is 0 Å². The highest BCUT2D eigenvalue weighted by atomic mass is 127. The Labute approximate surface area is 143 Å². The van der Waals surface area contributed by atoms with Crippen LogP contribution in [-0.4, -0.2) is 32.4 Å². The first-order chi connectivity index (χ1) is 9.50. The van der Waals surface area contributed by atoms with Gasteiger partial charge in [-0.3, -0.25) is 4.99 Å². The van der Waals surface area contributed by atoms with Gasteiger partial charge in [0, 0.05) is 11.4 Å². The number of hydrogen-bond donors (Lipinski definition) is 2. The second-order valence-corrected chi connectivity index (χ2v) is 7.44. The lowest BCUT2D eigenvalue weighted by Crippen LogP contribution is -2.24. The highest BCUT2D eigenvalue weighted by molar-refractivity contribution is 14.0. The molecule has 21 heavy (non-hydrogen) atoms. The van der Waals surface area contributed by atoms with Gasteiger partial charge in [-0.15, -0.1) is 24.0 Å². The van der Waals surface area contributed by atoms with Crippen LogP contribution in [0.2, 0.25) is 0 Å². The Kier molecular flexibility index (Phi) is 6.92. The lowest BCUT2D eigenvalue weighted by atomic mass is 10.1. The van der Waals surface area contributed by atoms with Gasteiger partial charge in [0.2, 0.25) is 0 Å². The number of rotatable bonds is 5. The van der Waals surface area contributed by atoms with Crippen LogP contribution in [0.1, 0.15) is 24.5 Å². The van der Waals surface area contributed by atoms with E-state index >= 15 is 0 Å². The number of hydrogen-bond acceptors (Lipinski definition) is 3. The first kappa shape index (κ1) is 18.2. The van der Waals surface area contributed by atoms with Gasteiger partial charge < -0.3 is 11.1 Å². The molecule has 2 rings (SSSR count). The lowest BCUT2D eigenvalue weighted by Gasteiger charge is -2.08. The molecule has 1 aromatic rings. The van der Waals surface area contributed by atoms with Crippen LogP contribution in [0.4, 0.5) is 5.69 Å². The molecule has 1 aliphatic rings. The van der Waals surface area contributed by atoms with Gasteiger partial charge in [-0.1, -0.05) is 13.0 Å². The molecule has 118 valence electrons. The van der Waals surface area contributed by atoms with Gasteiger partial charge in [0.15, 0.2) is 15.8 Å². The summed E-state index contributed by atoms with van der Waals surface area (Å²) in [5, 5.41) is 3.01. The minimum absolute atomic E-state index is 0. The number of nitrogens with one attached hydrogen (secondary N) is 1. The fourth-order valence-corrected chi connectivity index (χ4v) is 2.94. The van der Waals surface area contributed by atoms with Crippen LogP contribution in [0.15, 0.2) is 23.2 Å². The summed E-state index contributed by atoms with van der Waals surface area (Å²) in [6.45, 7) is 1.82. The fourth-order valence-electron chi connectivity index (χ4n) is 2.29. The van der Waals surface area contributed by atoms with Crippen molar-refractivity contribution in [1.82, 2.24) is 0 Å². The summed E-state index contributed by atoms with van der Waals surface area (Å²) in [6, 6.07) is 6.18. The van der Waals surface area contributed by atoms with Crippen molar-refractivity contribution in [2.24, 2.45) is 10.7 Å². The van der Waals surface area contributed by atoms with Gasteiger partial charge >= 0.3 is 0 Å². The minimum atomic E-state index is -2.99. The van der Waals surface area contributed by atoms with Gasteiger partial charge in [0.25, 0.3) is 0 Å². The minimum Gasteiger partial charge on any atom is -0.370 e. The molecule has 3 N–H and O–H groups in total. The predicted molar refractivity (Wildman–Crippen MR) is 98.3 cm³/mol. The van der Waals surface area contributed by atoms with Gasteiger partial charge in [-0.2, -0.15) is 0 Å². The zero-order chi connectivity index (χ0) is 14.6. The van der Waals surface area contributed by atoms with Crippen LogP contribution in [0.25, 0.3) is 0 Å². The number of halogens is 1. The summed E-state index contributed by atoms with van der Waals surface area (Å²) in [7, 11) is -2.99. The molecule has 1 aromatic carbocycles. The SMILES string of the molecule is CCS(=O)(=O)CCN=C(N)Nc1ccc2c(c1)CCC2.I.